The molecule has 7 heteroatoms. The second-order valence-electron chi connectivity index (χ2n) is 5.65. The van der Waals surface area contributed by atoms with Crippen LogP contribution in [0.5, 0.6) is 0 Å². The molecule has 0 aliphatic carbocycles. The predicted molar refractivity (Wildman–Crippen MR) is 72.6 cm³/mol. The molecular weight excluding hydrogens is 280 g/mol. The smallest absolute Gasteiger partial charge is 0.186 e. The van der Waals surface area contributed by atoms with Gasteiger partial charge >= 0.3 is 0 Å². The number of aliphatic hydroxyl groups excluding tert-OH is 2. The first-order valence-corrected chi connectivity index (χ1v) is 7.36. The highest BCUT2D eigenvalue weighted by Crippen LogP contribution is 2.29. The second-order valence-corrected chi connectivity index (χ2v) is 5.65. The van der Waals surface area contributed by atoms with Crippen LogP contribution in [-0.2, 0) is 23.7 Å². The normalized spacial score (nSPS) is 48.3. The predicted octanol–water partition coefficient (Wildman–Crippen LogP) is 0.0246. The van der Waals surface area contributed by atoms with Crippen LogP contribution in [0.15, 0.2) is 0 Å². The van der Waals surface area contributed by atoms with E-state index in [1.807, 2.05) is 13.8 Å². The molecule has 8 unspecified atom stereocenters. The molecule has 2 fully saturated rings. The Labute approximate surface area is 125 Å². The summed E-state index contributed by atoms with van der Waals surface area (Å²) in [7, 11) is 2.99. The molecule has 124 valence electrons. The maximum absolute atomic E-state index is 10.2. The summed E-state index contributed by atoms with van der Waals surface area (Å²) in [6.45, 7) is 3.65. The van der Waals surface area contributed by atoms with Gasteiger partial charge in [0.25, 0.3) is 0 Å². The summed E-state index contributed by atoms with van der Waals surface area (Å²) < 4.78 is 27.6. The molecular formula is C14H26O7. The Morgan fingerprint density at radius 1 is 0.905 bits per heavy atom. The van der Waals surface area contributed by atoms with Crippen LogP contribution in [0.3, 0.4) is 0 Å². The highest BCUT2D eigenvalue weighted by atomic mass is 16.7. The standard InChI is InChI=1S/C14H26O7/c1-7-9(15)5-6-10(19-7)21-12-8(2)20-14(18-4)11(16)13(12)17-3/h7-16H,5-6H2,1-4H3. The zero-order valence-electron chi connectivity index (χ0n) is 13.0. The highest BCUT2D eigenvalue weighted by molar-refractivity contribution is 4.90. The third kappa shape index (κ3) is 3.73. The van der Waals surface area contributed by atoms with Crippen LogP contribution >= 0.6 is 0 Å². The molecule has 2 aliphatic rings. The van der Waals surface area contributed by atoms with E-state index >= 15 is 0 Å². The van der Waals surface area contributed by atoms with Gasteiger partial charge in [0.2, 0.25) is 0 Å². The Morgan fingerprint density at radius 2 is 1.62 bits per heavy atom. The number of rotatable bonds is 4. The zero-order valence-corrected chi connectivity index (χ0v) is 13.0. The van der Waals surface area contributed by atoms with Crippen molar-refractivity contribution in [3.63, 3.8) is 0 Å². The van der Waals surface area contributed by atoms with Crippen molar-refractivity contribution in [1.29, 1.82) is 0 Å². The number of aliphatic hydroxyl groups is 2. The molecule has 0 aromatic carbocycles. The van der Waals surface area contributed by atoms with Crippen LogP contribution in [0, 0.1) is 0 Å². The average Bonchev–Trinajstić information content (AvgIpc) is 2.46. The largest absolute Gasteiger partial charge is 0.390 e. The summed E-state index contributed by atoms with van der Waals surface area (Å²) in [6.07, 6.45) is -2.99. The van der Waals surface area contributed by atoms with Crippen molar-refractivity contribution in [2.24, 2.45) is 0 Å². The number of ether oxygens (including phenoxy) is 5. The van der Waals surface area contributed by atoms with E-state index in [9.17, 15) is 10.2 Å². The molecule has 8 atom stereocenters. The van der Waals surface area contributed by atoms with E-state index < -0.39 is 37.0 Å². The number of methoxy groups -OCH3 is 2. The monoisotopic (exact) mass is 306 g/mol. The van der Waals surface area contributed by atoms with Crippen molar-refractivity contribution in [2.45, 2.75) is 75.9 Å². The minimum absolute atomic E-state index is 0.277. The van der Waals surface area contributed by atoms with Gasteiger partial charge in [0.05, 0.1) is 18.3 Å². The number of hydrogen-bond acceptors (Lipinski definition) is 7. The van der Waals surface area contributed by atoms with Gasteiger partial charge in [-0.15, -0.1) is 0 Å². The minimum atomic E-state index is -0.937. The Balaban J connectivity index is 2.00. The molecule has 0 aromatic rings. The molecule has 2 N–H and O–H groups in total. The average molecular weight is 306 g/mol. The SMILES string of the molecule is COC1OC(C)C(OC2CCC(O)C(C)O2)C(OC)C1O. The van der Waals surface area contributed by atoms with E-state index in [4.69, 9.17) is 23.7 Å². The zero-order chi connectivity index (χ0) is 15.6. The van der Waals surface area contributed by atoms with E-state index in [1.165, 1.54) is 14.2 Å². The Morgan fingerprint density at radius 3 is 2.19 bits per heavy atom. The van der Waals surface area contributed by atoms with Crippen LogP contribution < -0.4 is 0 Å². The van der Waals surface area contributed by atoms with Gasteiger partial charge in [-0.2, -0.15) is 0 Å². The van der Waals surface area contributed by atoms with Crippen LogP contribution in [0.4, 0.5) is 0 Å². The Hall–Kier alpha value is -0.280. The van der Waals surface area contributed by atoms with Gasteiger partial charge in [-0.3, -0.25) is 0 Å². The van der Waals surface area contributed by atoms with E-state index in [-0.39, 0.29) is 12.2 Å². The first kappa shape index (κ1) is 17.1. The lowest BCUT2D eigenvalue weighted by molar-refractivity contribution is -0.328. The van der Waals surface area contributed by atoms with E-state index in [1.54, 1.807) is 0 Å². The lowest BCUT2D eigenvalue weighted by Crippen LogP contribution is -2.60. The summed E-state index contributed by atoms with van der Waals surface area (Å²) in [5.74, 6) is 0. The Kier molecular flexibility index (Phi) is 5.96. The fourth-order valence-electron chi connectivity index (χ4n) is 2.86. The molecule has 0 saturated carbocycles. The summed E-state index contributed by atoms with van der Waals surface area (Å²) >= 11 is 0. The lowest BCUT2D eigenvalue weighted by atomic mass is 9.99. The molecule has 2 saturated heterocycles. The summed E-state index contributed by atoms with van der Waals surface area (Å²) in [6, 6.07) is 0. The van der Waals surface area contributed by atoms with Gasteiger partial charge in [-0.1, -0.05) is 0 Å². The van der Waals surface area contributed by atoms with Gasteiger partial charge in [0.15, 0.2) is 12.6 Å². The molecule has 0 radical (unpaired) electrons. The van der Waals surface area contributed by atoms with Crippen molar-refractivity contribution < 1.29 is 33.9 Å². The molecule has 2 rings (SSSR count). The van der Waals surface area contributed by atoms with Gasteiger partial charge in [0.1, 0.15) is 18.3 Å². The molecule has 2 aliphatic heterocycles. The summed E-state index contributed by atoms with van der Waals surface area (Å²) in [5.41, 5.74) is 0. The Bertz CT molecular complexity index is 326. The fourth-order valence-corrected chi connectivity index (χ4v) is 2.86. The number of hydrogen-bond donors (Lipinski definition) is 2. The van der Waals surface area contributed by atoms with Gasteiger partial charge < -0.3 is 33.9 Å². The van der Waals surface area contributed by atoms with Crippen molar-refractivity contribution in [3.8, 4) is 0 Å². The molecule has 7 nitrogen and oxygen atoms in total. The first-order chi connectivity index (χ1) is 9.97. The van der Waals surface area contributed by atoms with Crippen molar-refractivity contribution in [1.82, 2.24) is 0 Å². The van der Waals surface area contributed by atoms with Crippen LogP contribution in [-0.4, -0.2) is 73.6 Å². The van der Waals surface area contributed by atoms with Crippen LogP contribution in [0.2, 0.25) is 0 Å². The quantitative estimate of drug-likeness (QED) is 0.757. The van der Waals surface area contributed by atoms with Gasteiger partial charge in [-0.05, 0) is 20.3 Å². The van der Waals surface area contributed by atoms with E-state index in [0.717, 1.165) is 0 Å². The summed E-state index contributed by atoms with van der Waals surface area (Å²) in [4.78, 5) is 0. The molecule has 2 heterocycles. The van der Waals surface area contributed by atoms with E-state index in [0.29, 0.717) is 12.8 Å². The second kappa shape index (κ2) is 7.32. The van der Waals surface area contributed by atoms with E-state index in [2.05, 4.69) is 0 Å². The third-order valence-corrected chi connectivity index (χ3v) is 4.17. The molecule has 0 spiro atoms. The first-order valence-electron chi connectivity index (χ1n) is 7.36. The fraction of sp³-hybridized carbons (Fsp3) is 1.00. The minimum Gasteiger partial charge on any atom is -0.390 e. The molecule has 0 aromatic heterocycles. The molecule has 0 amide bonds. The summed E-state index contributed by atoms with van der Waals surface area (Å²) in [5, 5.41) is 19.9. The van der Waals surface area contributed by atoms with Gasteiger partial charge in [0, 0.05) is 20.6 Å². The van der Waals surface area contributed by atoms with Crippen molar-refractivity contribution in [2.75, 3.05) is 14.2 Å². The van der Waals surface area contributed by atoms with Gasteiger partial charge in [-0.25, -0.2) is 0 Å². The third-order valence-electron chi connectivity index (χ3n) is 4.17. The lowest BCUT2D eigenvalue weighted by Gasteiger charge is -2.44. The van der Waals surface area contributed by atoms with Crippen molar-refractivity contribution >= 4 is 0 Å². The topological polar surface area (TPSA) is 86.6 Å². The van der Waals surface area contributed by atoms with Crippen LogP contribution in [0.1, 0.15) is 26.7 Å². The van der Waals surface area contributed by atoms with Crippen molar-refractivity contribution in [3.05, 3.63) is 0 Å². The molecule has 21 heavy (non-hydrogen) atoms. The highest BCUT2D eigenvalue weighted by Gasteiger charge is 2.46. The molecule has 0 bridgehead atoms. The maximum Gasteiger partial charge on any atom is 0.186 e. The maximum atomic E-state index is 10.2. The van der Waals surface area contributed by atoms with Crippen LogP contribution in [0.25, 0.3) is 0 Å².